The summed E-state index contributed by atoms with van der Waals surface area (Å²) in [6.07, 6.45) is 5.33. The van der Waals surface area contributed by atoms with E-state index in [1.165, 1.54) is 18.4 Å². The van der Waals surface area contributed by atoms with Crippen LogP contribution in [0.5, 0.6) is 0 Å². The van der Waals surface area contributed by atoms with E-state index in [9.17, 15) is 4.79 Å². The van der Waals surface area contributed by atoms with Crippen LogP contribution >= 0.6 is 0 Å². The molecule has 6 heteroatoms. The highest BCUT2D eigenvalue weighted by atomic mass is 16.3. The monoisotopic (exact) mass is 324 g/mol. The molecule has 0 fully saturated rings. The molecule has 0 radical (unpaired) electrons. The number of hydrogen-bond acceptors (Lipinski definition) is 5. The third-order valence-electron chi connectivity index (χ3n) is 3.72. The Labute approximate surface area is 140 Å². The summed E-state index contributed by atoms with van der Waals surface area (Å²) in [7, 11) is 0. The van der Waals surface area contributed by atoms with Gasteiger partial charge in [0.1, 0.15) is 11.5 Å². The van der Waals surface area contributed by atoms with Crippen molar-refractivity contribution in [1.82, 2.24) is 15.2 Å². The fourth-order valence-electron chi connectivity index (χ4n) is 2.38. The van der Waals surface area contributed by atoms with Gasteiger partial charge in [-0.2, -0.15) is 0 Å². The second-order valence-electron chi connectivity index (χ2n) is 5.63. The summed E-state index contributed by atoms with van der Waals surface area (Å²) in [5.41, 5.74) is 2.21. The van der Waals surface area contributed by atoms with Gasteiger partial charge >= 0.3 is 0 Å². The van der Waals surface area contributed by atoms with Crippen LogP contribution in [0.3, 0.4) is 0 Å². The van der Waals surface area contributed by atoms with Gasteiger partial charge in [0.15, 0.2) is 0 Å². The van der Waals surface area contributed by atoms with Crippen molar-refractivity contribution in [3.05, 3.63) is 70.0 Å². The average molecular weight is 324 g/mol. The molecule has 3 aromatic rings. The molecule has 0 spiro atoms. The Morgan fingerprint density at radius 2 is 2.00 bits per heavy atom. The summed E-state index contributed by atoms with van der Waals surface area (Å²) in [6.45, 7) is 2.18. The lowest BCUT2D eigenvalue weighted by Crippen LogP contribution is -2.18. The molecule has 0 aliphatic heterocycles. The molecule has 0 aliphatic rings. The number of nitrogens with one attached hydrogen (secondary N) is 2. The Hall–Kier alpha value is -2.89. The van der Waals surface area contributed by atoms with E-state index in [1.54, 1.807) is 18.4 Å². The minimum absolute atomic E-state index is 0.275. The molecule has 0 aliphatic carbocycles. The molecule has 0 saturated heterocycles. The maximum atomic E-state index is 12.1. The minimum Gasteiger partial charge on any atom is -0.469 e. The van der Waals surface area contributed by atoms with Crippen LogP contribution in [0.4, 0.5) is 11.6 Å². The van der Waals surface area contributed by atoms with Crippen LogP contribution in [0.1, 0.15) is 36.8 Å². The zero-order chi connectivity index (χ0) is 16.8. The van der Waals surface area contributed by atoms with Crippen molar-refractivity contribution in [2.75, 3.05) is 5.32 Å². The first kappa shape index (κ1) is 16.0. The first-order chi connectivity index (χ1) is 11.7. The molecule has 1 aromatic carbocycles. The number of furan rings is 1. The summed E-state index contributed by atoms with van der Waals surface area (Å²) in [5.74, 6) is 1.00. The maximum absolute atomic E-state index is 12.1. The molecular formula is C18H20N4O2. The summed E-state index contributed by atoms with van der Waals surface area (Å²) in [6, 6.07) is 11.7. The highest BCUT2D eigenvalue weighted by molar-refractivity contribution is 5.53. The third-order valence-corrected chi connectivity index (χ3v) is 3.72. The summed E-state index contributed by atoms with van der Waals surface area (Å²) < 4.78 is 5.22. The molecule has 2 N–H and O–H groups in total. The molecule has 0 atom stereocenters. The van der Waals surface area contributed by atoms with Crippen molar-refractivity contribution in [1.29, 1.82) is 0 Å². The molecule has 2 aromatic heterocycles. The topological polar surface area (TPSA) is 83.8 Å². The normalized spacial score (nSPS) is 10.7. The van der Waals surface area contributed by atoms with E-state index in [4.69, 9.17) is 4.42 Å². The van der Waals surface area contributed by atoms with Gasteiger partial charge in [0.2, 0.25) is 5.95 Å². The summed E-state index contributed by atoms with van der Waals surface area (Å²) in [5, 5.41) is 11.1. The number of aromatic nitrogens is 3. The lowest BCUT2D eigenvalue weighted by atomic mass is 10.1. The molecule has 0 unspecified atom stereocenters. The first-order valence-corrected chi connectivity index (χ1v) is 8.09. The number of aromatic amines is 1. The Kier molecular flexibility index (Phi) is 5.05. The second-order valence-corrected chi connectivity index (χ2v) is 5.63. The van der Waals surface area contributed by atoms with Crippen LogP contribution in [-0.2, 0) is 12.8 Å². The van der Waals surface area contributed by atoms with Gasteiger partial charge in [-0.05, 0) is 42.7 Å². The fourth-order valence-corrected chi connectivity index (χ4v) is 2.38. The highest BCUT2D eigenvalue weighted by Gasteiger charge is 2.08. The number of rotatable bonds is 7. The zero-order valence-electron chi connectivity index (χ0n) is 13.6. The predicted octanol–water partition coefficient (Wildman–Crippen LogP) is 3.43. The van der Waals surface area contributed by atoms with Crippen LogP contribution in [0.2, 0.25) is 0 Å². The first-order valence-electron chi connectivity index (χ1n) is 8.09. The Morgan fingerprint density at radius 3 is 2.67 bits per heavy atom. The van der Waals surface area contributed by atoms with Gasteiger partial charge in [-0.25, -0.2) is 0 Å². The van der Waals surface area contributed by atoms with Crippen LogP contribution in [0, 0.1) is 0 Å². The van der Waals surface area contributed by atoms with Crippen LogP contribution in [0.15, 0.2) is 51.9 Å². The van der Waals surface area contributed by atoms with Gasteiger partial charge in [-0.3, -0.25) is 9.78 Å². The van der Waals surface area contributed by atoms with Crippen molar-refractivity contribution < 1.29 is 4.42 Å². The number of hydrogen-bond donors (Lipinski definition) is 2. The molecule has 0 saturated carbocycles. The SMILES string of the molecule is CCCCc1ccc(Nc2nnc(Cc3ccco3)c(=O)[nH]2)cc1. The minimum atomic E-state index is -0.275. The van der Waals surface area contributed by atoms with E-state index in [-0.39, 0.29) is 5.56 Å². The van der Waals surface area contributed by atoms with Crippen molar-refractivity contribution in [2.24, 2.45) is 0 Å². The molecule has 6 nitrogen and oxygen atoms in total. The van der Waals surface area contributed by atoms with Crippen LogP contribution in [-0.4, -0.2) is 15.2 Å². The van der Waals surface area contributed by atoms with Gasteiger partial charge in [0, 0.05) is 5.69 Å². The second kappa shape index (κ2) is 7.59. The highest BCUT2D eigenvalue weighted by Crippen LogP contribution is 2.14. The van der Waals surface area contributed by atoms with E-state index >= 15 is 0 Å². The summed E-state index contributed by atoms with van der Waals surface area (Å²) >= 11 is 0. The quantitative estimate of drug-likeness (QED) is 0.695. The number of unbranched alkanes of at least 4 members (excludes halogenated alkanes) is 1. The number of anilines is 2. The molecule has 24 heavy (non-hydrogen) atoms. The largest absolute Gasteiger partial charge is 0.469 e. The number of H-pyrrole nitrogens is 1. The van der Waals surface area contributed by atoms with Crippen molar-refractivity contribution in [3.8, 4) is 0 Å². The molecule has 0 amide bonds. The Bertz CT molecular complexity index is 823. The van der Waals surface area contributed by atoms with E-state index in [0.717, 1.165) is 12.1 Å². The molecule has 2 heterocycles. The van der Waals surface area contributed by atoms with E-state index in [0.29, 0.717) is 23.8 Å². The third kappa shape index (κ3) is 4.10. The summed E-state index contributed by atoms with van der Waals surface area (Å²) in [4.78, 5) is 14.8. The number of nitrogens with zero attached hydrogens (tertiary/aromatic N) is 2. The van der Waals surface area contributed by atoms with Gasteiger partial charge in [0.25, 0.3) is 5.56 Å². The van der Waals surface area contributed by atoms with Gasteiger partial charge in [0.05, 0.1) is 12.7 Å². The Morgan fingerprint density at radius 1 is 1.17 bits per heavy atom. The smallest absolute Gasteiger partial charge is 0.274 e. The zero-order valence-corrected chi connectivity index (χ0v) is 13.6. The number of aryl methyl sites for hydroxylation is 1. The molecular weight excluding hydrogens is 304 g/mol. The van der Waals surface area contributed by atoms with Crippen LogP contribution in [0.25, 0.3) is 0 Å². The standard InChI is InChI=1S/C18H20N4O2/c1-2-3-5-13-7-9-14(10-8-13)19-18-20-17(23)16(21-22-18)12-15-6-4-11-24-15/h4,6-11H,2-3,5,12H2,1H3,(H2,19,20,22,23). The average Bonchev–Trinajstić information content (AvgIpc) is 3.10. The lowest BCUT2D eigenvalue weighted by molar-refractivity contribution is 0.517. The van der Waals surface area contributed by atoms with E-state index in [1.807, 2.05) is 12.1 Å². The molecule has 3 rings (SSSR count). The fraction of sp³-hybridized carbons (Fsp3) is 0.278. The van der Waals surface area contributed by atoms with Crippen LogP contribution < -0.4 is 10.9 Å². The Balaban J connectivity index is 1.67. The van der Waals surface area contributed by atoms with Crippen molar-refractivity contribution >= 4 is 11.6 Å². The molecule has 0 bridgehead atoms. The van der Waals surface area contributed by atoms with E-state index < -0.39 is 0 Å². The lowest BCUT2D eigenvalue weighted by Gasteiger charge is -2.06. The van der Waals surface area contributed by atoms with Gasteiger partial charge in [-0.15, -0.1) is 10.2 Å². The number of benzene rings is 1. The van der Waals surface area contributed by atoms with Crippen molar-refractivity contribution in [3.63, 3.8) is 0 Å². The van der Waals surface area contributed by atoms with Crippen molar-refractivity contribution in [2.45, 2.75) is 32.6 Å². The maximum Gasteiger partial charge on any atom is 0.274 e. The molecule has 124 valence electrons. The van der Waals surface area contributed by atoms with E-state index in [2.05, 4.69) is 39.6 Å². The van der Waals surface area contributed by atoms with Gasteiger partial charge in [-0.1, -0.05) is 25.5 Å². The van der Waals surface area contributed by atoms with Gasteiger partial charge < -0.3 is 9.73 Å². The predicted molar refractivity (Wildman–Crippen MR) is 92.5 cm³/mol.